The average Bonchev–Trinajstić information content (AvgIpc) is 2.67. The van der Waals surface area contributed by atoms with Crippen molar-refractivity contribution in [3.63, 3.8) is 0 Å². The molecule has 0 bridgehead atoms. The monoisotopic (exact) mass is 208 g/mol. The van der Waals surface area contributed by atoms with E-state index < -0.39 is 5.82 Å². The maximum absolute atomic E-state index is 12.8. The highest BCUT2D eigenvalue weighted by Gasteiger charge is 2.08. The second-order valence-electron chi connectivity index (χ2n) is 2.92. The largest absolute Gasteiger partial charge is 0.419 e. The molecule has 15 heavy (non-hydrogen) atoms. The normalized spacial score (nSPS) is 10.5. The van der Waals surface area contributed by atoms with Gasteiger partial charge >= 0.3 is 0 Å². The van der Waals surface area contributed by atoms with Crippen LogP contribution in [0, 0.1) is 5.82 Å². The van der Waals surface area contributed by atoms with Gasteiger partial charge in [-0.05, 0) is 13.1 Å². The van der Waals surface area contributed by atoms with Crippen LogP contribution in [-0.2, 0) is 6.54 Å². The van der Waals surface area contributed by atoms with Gasteiger partial charge in [0.15, 0.2) is 0 Å². The van der Waals surface area contributed by atoms with Crippen molar-refractivity contribution in [2.75, 3.05) is 7.05 Å². The summed E-state index contributed by atoms with van der Waals surface area (Å²) >= 11 is 0. The number of nitrogens with one attached hydrogen (secondary N) is 1. The minimum absolute atomic E-state index is 0.271. The highest BCUT2D eigenvalue weighted by Crippen LogP contribution is 2.16. The molecule has 0 aliphatic carbocycles. The summed E-state index contributed by atoms with van der Waals surface area (Å²) < 4.78 is 18.1. The van der Waals surface area contributed by atoms with Gasteiger partial charge in [-0.15, -0.1) is 10.2 Å². The molecule has 5 nitrogen and oxygen atoms in total. The Hall–Kier alpha value is -1.82. The lowest BCUT2D eigenvalue weighted by molar-refractivity contribution is 0.489. The Morgan fingerprint density at radius 1 is 1.40 bits per heavy atom. The summed E-state index contributed by atoms with van der Waals surface area (Å²) in [6.07, 6.45) is 2.59. The van der Waals surface area contributed by atoms with Crippen LogP contribution in [0.2, 0.25) is 0 Å². The molecule has 2 heterocycles. The lowest BCUT2D eigenvalue weighted by Gasteiger charge is -1.93. The molecule has 0 aliphatic heterocycles. The molecule has 1 N–H and O–H groups in total. The highest BCUT2D eigenvalue weighted by atomic mass is 19.1. The molecule has 0 unspecified atom stereocenters. The van der Waals surface area contributed by atoms with Crippen LogP contribution in [-0.4, -0.2) is 22.2 Å². The second-order valence-corrected chi connectivity index (χ2v) is 2.92. The van der Waals surface area contributed by atoms with Gasteiger partial charge in [0.2, 0.25) is 11.8 Å². The molecule has 2 rings (SSSR count). The molecular weight excluding hydrogens is 199 g/mol. The number of nitrogens with zero attached hydrogens (tertiary/aromatic N) is 3. The standard InChI is InChI=1S/C9H9FN4O/c1-11-5-8-13-14-9(15-8)6-2-7(10)4-12-3-6/h2-4,11H,5H2,1H3. The zero-order chi connectivity index (χ0) is 10.7. The smallest absolute Gasteiger partial charge is 0.249 e. The van der Waals surface area contributed by atoms with Crippen LogP contribution in [0.1, 0.15) is 5.89 Å². The van der Waals surface area contributed by atoms with Crippen molar-refractivity contribution in [3.8, 4) is 11.5 Å². The molecule has 6 heteroatoms. The Kier molecular flexibility index (Phi) is 2.68. The maximum atomic E-state index is 12.8. The molecule has 0 saturated heterocycles. The summed E-state index contributed by atoms with van der Waals surface area (Å²) in [6.45, 7) is 0.482. The fourth-order valence-electron chi connectivity index (χ4n) is 1.12. The zero-order valence-corrected chi connectivity index (χ0v) is 8.07. The summed E-state index contributed by atoms with van der Waals surface area (Å²) in [4.78, 5) is 3.70. The van der Waals surface area contributed by atoms with Gasteiger partial charge in [-0.1, -0.05) is 0 Å². The van der Waals surface area contributed by atoms with Gasteiger partial charge < -0.3 is 9.73 Å². The Bertz CT molecular complexity index is 457. The predicted octanol–water partition coefficient (Wildman–Crippen LogP) is 0.990. The number of pyridine rings is 1. The molecule has 0 radical (unpaired) electrons. The topological polar surface area (TPSA) is 63.8 Å². The van der Waals surface area contributed by atoms with E-state index in [2.05, 4.69) is 20.5 Å². The van der Waals surface area contributed by atoms with E-state index in [-0.39, 0.29) is 5.89 Å². The van der Waals surface area contributed by atoms with Gasteiger partial charge in [-0.25, -0.2) is 4.39 Å². The maximum Gasteiger partial charge on any atom is 0.249 e. The van der Waals surface area contributed by atoms with Crippen molar-refractivity contribution >= 4 is 0 Å². The quantitative estimate of drug-likeness (QED) is 0.814. The number of aromatic nitrogens is 3. The first-order valence-electron chi connectivity index (χ1n) is 4.37. The Balaban J connectivity index is 2.29. The number of halogens is 1. The van der Waals surface area contributed by atoms with Gasteiger partial charge in [-0.2, -0.15) is 0 Å². The lowest BCUT2D eigenvalue weighted by atomic mass is 10.3. The van der Waals surface area contributed by atoms with Gasteiger partial charge in [0.1, 0.15) is 5.82 Å². The first-order valence-corrected chi connectivity index (χ1v) is 4.37. The second kappa shape index (κ2) is 4.14. The molecule has 78 valence electrons. The van der Waals surface area contributed by atoms with Crippen molar-refractivity contribution in [1.82, 2.24) is 20.5 Å². The summed E-state index contributed by atoms with van der Waals surface area (Å²) in [5.74, 6) is 0.296. The van der Waals surface area contributed by atoms with Crippen molar-refractivity contribution in [1.29, 1.82) is 0 Å². The van der Waals surface area contributed by atoms with Crippen LogP contribution in [0.15, 0.2) is 22.9 Å². The van der Waals surface area contributed by atoms with Crippen LogP contribution >= 0.6 is 0 Å². The number of hydrogen-bond acceptors (Lipinski definition) is 5. The van der Waals surface area contributed by atoms with E-state index in [0.29, 0.717) is 18.0 Å². The molecule has 2 aromatic rings. The van der Waals surface area contributed by atoms with E-state index >= 15 is 0 Å². The Labute approximate surface area is 85.4 Å². The minimum Gasteiger partial charge on any atom is -0.419 e. The van der Waals surface area contributed by atoms with Crippen LogP contribution < -0.4 is 5.32 Å². The van der Waals surface area contributed by atoms with Crippen LogP contribution in [0.5, 0.6) is 0 Å². The predicted molar refractivity (Wildman–Crippen MR) is 50.3 cm³/mol. The van der Waals surface area contributed by atoms with E-state index in [1.807, 2.05) is 0 Å². The highest BCUT2D eigenvalue weighted by molar-refractivity contribution is 5.50. The summed E-state index contributed by atoms with van der Waals surface area (Å²) in [7, 11) is 1.77. The third kappa shape index (κ3) is 2.16. The first-order chi connectivity index (χ1) is 7.29. The van der Waals surface area contributed by atoms with E-state index in [4.69, 9.17) is 4.42 Å². The number of hydrogen-bond donors (Lipinski definition) is 1. The van der Waals surface area contributed by atoms with Crippen molar-refractivity contribution in [2.45, 2.75) is 6.54 Å². The molecule has 0 aliphatic rings. The summed E-state index contributed by atoms with van der Waals surface area (Å²) in [5.41, 5.74) is 0.477. The van der Waals surface area contributed by atoms with Gasteiger partial charge in [0.05, 0.1) is 18.3 Å². The SMILES string of the molecule is CNCc1nnc(-c2cncc(F)c2)o1. The molecule has 0 atom stereocenters. The molecule has 0 aromatic carbocycles. The van der Waals surface area contributed by atoms with Crippen LogP contribution in [0.4, 0.5) is 4.39 Å². The fraction of sp³-hybridized carbons (Fsp3) is 0.222. The minimum atomic E-state index is -0.430. The van der Waals surface area contributed by atoms with Gasteiger partial charge in [-0.3, -0.25) is 4.98 Å². The van der Waals surface area contributed by atoms with Crippen molar-refractivity contribution in [2.24, 2.45) is 0 Å². The van der Waals surface area contributed by atoms with Crippen molar-refractivity contribution < 1.29 is 8.81 Å². The van der Waals surface area contributed by atoms with Gasteiger partial charge in [0, 0.05) is 6.20 Å². The van der Waals surface area contributed by atoms with E-state index in [9.17, 15) is 4.39 Å². The van der Waals surface area contributed by atoms with Crippen LogP contribution in [0.25, 0.3) is 11.5 Å². The zero-order valence-electron chi connectivity index (χ0n) is 8.07. The van der Waals surface area contributed by atoms with E-state index in [1.165, 1.54) is 12.3 Å². The molecular formula is C9H9FN4O. The first kappa shape index (κ1) is 9.72. The van der Waals surface area contributed by atoms with E-state index in [1.54, 1.807) is 7.05 Å². The third-order valence-corrected chi connectivity index (χ3v) is 1.75. The molecule has 0 spiro atoms. The molecule has 0 amide bonds. The van der Waals surface area contributed by atoms with E-state index in [0.717, 1.165) is 6.20 Å². The fourth-order valence-corrected chi connectivity index (χ4v) is 1.12. The van der Waals surface area contributed by atoms with Crippen molar-refractivity contribution in [3.05, 3.63) is 30.2 Å². The summed E-state index contributed by atoms with van der Waals surface area (Å²) in [5, 5.41) is 10.4. The van der Waals surface area contributed by atoms with Crippen LogP contribution in [0.3, 0.4) is 0 Å². The summed E-state index contributed by atoms with van der Waals surface area (Å²) in [6, 6.07) is 1.30. The average molecular weight is 208 g/mol. The lowest BCUT2D eigenvalue weighted by Crippen LogP contribution is -2.04. The number of rotatable bonds is 3. The Morgan fingerprint density at radius 3 is 3.00 bits per heavy atom. The molecule has 2 aromatic heterocycles. The molecule has 0 fully saturated rings. The Morgan fingerprint density at radius 2 is 2.27 bits per heavy atom. The third-order valence-electron chi connectivity index (χ3n) is 1.75. The van der Waals surface area contributed by atoms with Gasteiger partial charge in [0.25, 0.3) is 0 Å². The molecule has 0 saturated carbocycles.